The van der Waals surface area contributed by atoms with Crippen molar-refractivity contribution in [3.8, 4) is 0 Å². The van der Waals surface area contributed by atoms with E-state index in [1.54, 1.807) is 12.1 Å². The number of ether oxygens (including phenoxy) is 1. The summed E-state index contributed by atoms with van der Waals surface area (Å²) in [7, 11) is 0. The van der Waals surface area contributed by atoms with E-state index in [9.17, 15) is 19.2 Å². The lowest BCUT2D eigenvalue weighted by Crippen LogP contribution is -2.37. The number of hydrogen-bond acceptors (Lipinski definition) is 5. The fourth-order valence-corrected chi connectivity index (χ4v) is 4.78. The number of carbonyl (C=O) groups excluding carboxylic acids is 4. The lowest BCUT2D eigenvalue weighted by Gasteiger charge is -2.29. The first-order valence-electron chi connectivity index (χ1n) is 8.92. The van der Waals surface area contributed by atoms with Crippen LogP contribution in [0, 0.1) is 18.8 Å². The number of likely N-dealkylation sites (tertiary alicyclic amines) is 1. The zero-order chi connectivity index (χ0) is 20.4. The standard InChI is InChI=1S/C19H20Br2N2O5/c1-10-4-2-3-5-15(10)22-16(24)9-28-17(25)8-23-18(26)11-6-13(20)14(21)7-12(11)19(23)27/h2-5,11-14H,6-9H2,1H3,(H,22,24)/t11-,12-,13-,14+/m1/s1. The van der Waals surface area contributed by atoms with Crippen LogP contribution in [0.15, 0.2) is 24.3 Å². The van der Waals surface area contributed by atoms with Crippen molar-refractivity contribution < 1.29 is 23.9 Å². The first-order valence-corrected chi connectivity index (χ1v) is 10.8. The van der Waals surface area contributed by atoms with Gasteiger partial charge >= 0.3 is 5.97 Å². The minimum absolute atomic E-state index is 0.0996. The molecular weight excluding hydrogens is 496 g/mol. The molecule has 2 aliphatic rings. The SMILES string of the molecule is Cc1ccccc1NC(=O)COC(=O)CN1C(=O)[C@@H]2C[C@@H](Br)[C@@H](Br)C[C@H]2C1=O. The maximum Gasteiger partial charge on any atom is 0.326 e. The number of para-hydroxylation sites is 1. The molecule has 150 valence electrons. The van der Waals surface area contributed by atoms with Crippen molar-refractivity contribution in [2.24, 2.45) is 11.8 Å². The number of aryl methyl sites for hydroxylation is 1. The summed E-state index contributed by atoms with van der Waals surface area (Å²) in [5.74, 6) is -2.79. The van der Waals surface area contributed by atoms with Gasteiger partial charge in [0.2, 0.25) is 11.8 Å². The minimum atomic E-state index is -0.786. The second-order valence-corrected chi connectivity index (χ2v) is 9.36. The number of carbonyl (C=O) groups is 4. The molecule has 4 atom stereocenters. The number of fused-ring (bicyclic) bond motifs is 1. The third-order valence-corrected chi connectivity index (χ3v) is 7.81. The number of halogens is 2. The summed E-state index contributed by atoms with van der Waals surface area (Å²) in [5, 5.41) is 2.65. The molecule has 0 aromatic heterocycles. The maximum absolute atomic E-state index is 12.5. The Bertz CT molecular complexity index is 787. The van der Waals surface area contributed by atoms with Crippen LogP contribution in [-0.4, -0.2) is 51.4 Å². The molecule has 0 spiro atoms. The highest BCUT2D eigenvalue weighted by atomic mass is 79.9. The van der Waals surface area contributed by atoms with Crippen molar-refractivity contribution >= 4 is 61.2 Å². The Hall–Kier alpha value is -1.74. The summed E-state index contributed by atoms with van der Waals surface area (Å²) < 4.78 is 4.95. The van der Waals surface area contributed by atoms with Crippen LogP contribution < -0.4 is 5.32 Å². The molecule has 1 N–H and O–H groups in total. The topological polar surface area (TPSA) is 92.8 Å². The molecule has 0 radical (unpaired) electrons. The molecule has 1 saturated heterocycles. The van der Waals surface area contributed by atoms with Crippen LogP contribution in [0.4, 0.5) is 5.69 Å². The van der Waals surface area contributed by atoms with Gasteiger partial charge in [-0.3, -0.25) is 24.1 Å². The summed E-state index contributed by atoms with van der Waals surface area (Å²) in [4.78, 5) is 50.3. The number of nitrogens with one attached hydrogen (secondary N) is 1. The summed E-state index contributed by atoms with van der Waals surface area (Å²) >= 11 is 7.03. The first-order chi connectivity index (χ1) is 13.3. The van der Waals surface area contributed by atoms with Crippen molar-refractivity contribution in [2.75, 3.05) is 18.5 Å². The molecule has 1 aliphatic carbocycles. The van der Waals surface area contributed by atoms with Gasteiger partial charge in [-0.2, -0.15) is 0 Å². The number of rotatable bonds is 5. The van der Waals surface area contributed by atoms with Gasteiger partial charge in [-0.25, -0.2) is 0 Å². The number of imide groups is 1. The number of hydrogen-bond donors (Lipinski definition) is 1. The Morgan fingerprint density at radius 3 is 2.25 bits per heavy atom. The van der Waals surface area contributed by atoms with E-state index in [0.29, 0.717) is 18.5 Å². The van der Waals surface area contributed by atoms with E-state index < -0.39 is 36.9 Å². The molecule has 0 bridgehead atoms. The van der Waals surface area contributed by atoms with Gasteiger partial charge in [0.05, 0.1) is 11.8 Å². The van der Waals surface area contributed by atoms with Gasteiger partial charge in [0, 0.05) is 15.3 Å². The molecule has 0 unspecified atom stereocenters. The second kappa shape index (κ2) is 8.73. The Morgan fingerprint density at radius 2 is 1.68 bits per heavy atom. The van der Waals surface area contributed by atoms with Crippen molar-refractivity contribution in [2.45, 2.75) is 29.4 Å². The normalized spacial score (nSPS) is 26.8. The maximum atomic E-state index is 12.5. The van der Waals surface area contributed by atoms with Gasteiger partial charge in [-0.15, -0.1) is 0 Å². The van der Waals surface area contributed by atoms with Gasteiger partial charge in [0.1, 0.15) is 6.54 Å². The zero-order valence-electron chi connectivity index (χ0n) is 15.2. The average Bonchev–Trinajstić information content (AvgIpc) is 2.87. The first kappa shape index (κ1) is 21.0. The van der Waals surface area contributed by atoms with Gasteiger partial charge < -0.3 is 10.1 Å². The molecule has 1 aromatic carbocycles. The predicted molar refractivity (Wildman–Crippen MR) is 109 cm³/mol. The Morgan fingerprint density at radius 1 is 1.11 bits per heavy atom. The van der Waals surface area contributed by atoms with Crippen LogP contribution in [0.2, 0.25) is 0 Å². The Balaban J connectivity index is 1.52. The lowest BCUT2D eigenvalue weighted by atomic mass is 9.81. The number of benzene rings is 1. The van der Waals surface area contributed by atoms with Gasteiger partial charge in [-0.1, -0.05) is 50.1 Å². The van der Waals surface area contributed by atoms with E-state index >= 15 is 0 Å². The highest BCUT2D eigenvalue weighted by molar-refractivity contribution is 9.12. The summed E-state index contributed by atoms with van der Waals surface area (Å²) in [6.07, 6.45) is 1.07. The van der Waals surface area contributed by atoms with E-state index in [0.717, 1.165) is 10.5 Å². The number of amides is 3. The van der Waals surface area contributed by atoms with Crippen LogP contribution >= 0.6 is 31.9 Å². The van der Waals surface area contributed by atoms with Crippen molar-refractivity contribution in [3.63, 3.8) is 0 Å². The van der Waals surface area contributed by atoms with Crippen molar-refractivity contribution in [1.29, 1.82) is 0 Å². The molecule has 1 saturated carbocycles. The Labute approximate surface area is 179 Å². The monoisotopic (exact) mass is 514 g/mol. The largest absolute Gasteiger partial charge is 0.454 e. The molecular formula is C19H20Br2N2O5. The minimum Gasteiger partial charge on any atom is -0.454 e. The Kier molecular flexibility index (Phi) is 6.54. The summed E-state index contributed by atoms with van der Waals surface area (Å²) in [6.45, 7) is 0.895. The fourth-order valence-electron chi connectivity index (χ4n) is 3.54. The molecule has 3 rings (SSSR count). The molecule has 1 aromatic rings. The van der Waals surface area contributed by atoms with Crippen molar-refractivity contribution in [3.05, 3.63) is 29.8 Å². The highest BCUT2D eigenvalue weighted by Crippen LogP contribution is 2.43. The molecule has 28 heavy (non-hydrogen) atoms. The zero-order valence-corrected chi connectivity index (χ0v) is 18.4. The van der Waals surface area contributed by atoms with E-state index in [4.69, 9.17) is 4.74 Å². The summed E-state index contributed by atoms with van der Waals surface area (Å²) in [6, 6.07) is 7.23. The average molecular weight is 516 g/mol. The van der Waals surface area contributed by atoms with Crippen LogP contribution in [0.5, 0.6) is 0 Å². The fraction of sp³-hybridized carbons (Fsp3) is 0.474. The lowest BCUT2D eigenvalue weighted by molar-refractivity contribution is -0.154. The van der Waals surface area contributed by atoms with Crippen LogP contribution in [0.25, 0.3) is 0 Å². The molecule has 3 amide bonds. The molecule has 1 aliphatic heterocycles. The quantitative estimate of drug-likeness (QED) is 0.369. The predicted octanol–water partition coefficient (Wildman–Crippen LogP) is 2.40. The third-order valence-electron chi connectivity index (χ3n) is 5.07. The van der Waals surface area contributed by atoms with Crippen LogP contribution in [0.3, 0.4) is 0 Å². The van der Waals surface area contributed by atoms with E-state index in [2.05, 4.69) is 37.2 Å². The van der Waals surface area contributed by atoms with Gasteiger partial charge in [0.25, 0.3) is 5.91 Å². The third kappa shape index (κ3) is 4.46. The molecule has 2 fully saturated rings. The molecule has 1 heterocycles. The molecule has 7 nitrogen and oxygen atoms in total. The van der Waals surface area contributed by atoms with Crippen LogP contribution in [-0.2, 0) is 23.9 Å². The smallest absolute Gasteiger partial charge is 0.326 e. The highest BCUT2D eigenvalue weighted by Gasteiger charge is 2.52. The second-order valence-electron chi connectivity index (χ2n) is 7.00. The number of anilines is 1. The van der Waals surface area contributed by atoms with Gasteiger partial charge in [-0.05, 0) is 31.4 Å². The van der Waals surface area contributed by atoms with E-state index in [1.165, 1.54) is 0 Å². The number of nitrogens with zero attached hydrogens (tertiary/aromatic N) is 1. The van der Waals surface area contributed by atoms with E-state index in [-0.39, 0.29) is 21.5 Å². The van der Waals surface area contributed by atoms with Crippen LogP contribution in [0.1, 0.15) is 18.4 Å². The summed E-state index contributed by atoms with van der Waals surface area (Å²) in [5.41, 5.74) is 1.51. The number of esters is 1. The number of alkyl halides is 2. The van der Waals surface area contributed by atoms with E-state index in [1.807, 2.05) is 19.1 Å². The molecule has 9 heteroatoms. The van der Waals surface area contributed by atoms with Crippen molar-refractivity contribution in [1.82, 2.24) is 4.90 Å². The van der Waals surface area contributed by atoms with Gasteiger partial charge in [0.15, 0.2) is 6.61 Å².